The summed E-state index contributed by atoms with van der Waals surface area (Å²) >= 11 is 0. The number of nitrogens with one attached hydrogen (secondary N) is 1. The van der Waals surface area contributed by atoms with Crippen LogP contribution in [-0.2, 0) is 40.0 Å². The van der Waals surface area contributed by atoms with Crippen molar-refractivity contribution in [2.45, 2.75) is 37.2 Å². The maximum absolute atomic E-state index is 12.3. The predicted octanol–water partition coefficient (Wildman–Crippen LogP) is 1.97. The number of nitrogens with zero attached hydrogens (tertiary/aromatic N) is 3. The van der Waals surface area contributed by atoms with Gasteiger partial charge in [-0.1, -0.05) is 35.4 Å². The van der Waals surface area contributed by atoms with Crippen LogP contribution in [0.25, 0.3) is 10.4 Å². The molecule has 13 nitrogen and oxygen atoms in total. The maximum atomic E-state index is 12.3. The molecule has 0 radical (unpaired) electrons. The molecule has 2 N–H and O–H groups in total. The van der Waals surface area contributed by atoms with Gasteiger partial charge in [-0.2, -0.15) is 8.42 Å². The van der Waals surface area contributed by atoms with Crippen LogP contribution in [0, 0.1) is 6.92 Å². The van der Waals surface area contributed by atoms with Crippen molar-refractivity contribution >= 4 is 22.0 Å². The van der Waals surface area contributed by atoms with Gasteiger partial charge < -0.3 is 24.6 Å². The highest BCUT2D eigenvalue weighted by molar-refractivity contribution is 7.86. The third-order valence-electron chi connectivity index (χ3n) is 4.75. The average molecular weight is 537 g/mol. The molecule has 0 saturated heterocycles. The van der Waals surface area contributed by atoms with Crippen LogP contribution in [0.4, 0.5) is 0 Å². The van der Waals surface area contributed by atoms with Gasteiger partial charge in [0.1, 0.15) is 12.3 Å². The second-order valence-electron chi connectivity index (χ2n) is 7.61. The normalized spacial score (nSPS) is 12.6. The third kappa shape index (κ3) is 10.1. The predicted molar refractivity (Wildman–Crippen MR) is 130 cm³/mol. The first kappa shape index (κ1) is 29.5. The second kappa shape index (κ2) is 14.8. The van der Waals surface area contributed by atoms with Crippen molar-refractivity contribution in [1.82, 2.24) is 5.32 Å². The fraction of sp³-hybridized carbons (Fsp3) is 0.391. The molecule has 37 heavy (non-hydrogen) atoms. The van der Waals surface area contributed by atoms with Crippen molar-refractivity contribution in [2.24, 2.45) is 5.11 Å². The van der Waals surface area contributed by atoms with Crippen molar-refractivity contribution in [3.05, 3.63) is 70.1 Å². The highest BCUT2D eigenvalue weighted by Gasteiger charge is 2.22. The molecule has 2 unspecified atom stereocenters. The summed E-state index contributed by atoms with van der Waals surface area (Å²) < 4.78 is 45.4. The third-order valence-corrected chi connectivity index (χ3v) is 6.06. The molecule has 0 aliphatic carbocycles. The molecule has 0 aliphatic heterocycles. The first-order valence-electron chi connectivity index (χ1n) is 11.0. The molecule has 0 aromatic heterocycles. The number of benzene rings is 2. The van der Waals surface area contributed by atoms with Crippen molar-refractivity contribution in [1.29, 1.82) is 0 Å². The molecule has 2 aromatic rings. The number of methoxy groups -OCH3 is 1. The zero-order chi connectivity index (χ0) is 27.3. The van der Waals surface area contributed by atoms with E-state index in [0.717, 1.165) is 12.7 Å². The largest absolute Gasteiger partial charge is 0.493 e. The molecule has 200 valence electrons. The lowest BCUT2D eigenvalue weighted by Gasteiger charge is -2.17. The van der Waals surface area contributed by atoms with Gasteiger partial charge in [-0.25, -0.2) is 8.98 Å². The van der Waals surface area contributed by atoms with Crippen LogP contribution in [0.3, 0.4) is 0 Å². The molecule has 0 bridgehead atoms. The fourth-order valence-corrected chi connectivity index (χ4v) is 4.06. The number of carbonyl (C=O) groups is 2. The second-order valence-corrected chi connectivity index (χ2v) is 9.19. The Morgan fingerprint density at radius 3 is 2.65 bits per heavy atom. The SMILES string of the molecule is COC(=O)C(COCc1ccccc1OCCC(O)OS(=O)(=O)c1cccc(C)c1)NC(=O)CN=[N+]=[N-]. The summed E-state index contributed by atoms with van der Waals surface area (Å²) in [5.74, 6) is -1.02. The molecule has 2 atom stereocenters. The molecular weight excluding hydrogens is 508 g/mol. The lowest BCUT2D eigenvalue weighted by atomic mass is 10.2. The number of azide groups is 1. The topological polar surface area (TPSA) is 186 Å². The Hall–Kier alpha value is -3.68. The number of amides is 1. The summed E-state index contributed by atoms with van der Waals surface area (Å²) in [5, 5.41) is 15.5. The quantitative estimate of drug-likeness (QED) is 0.0857. The van der Waals surface area contributed by atoms with Crippen molar-refractivity contribution < 1.29 is 41.5 Å². The maximum Gasteiger partial charge on any atom is 0.330 e. The minimum absolute atomic E-state index is 0.00330. The highest BCUT2D eigenvalue weighted by Crippen LogP contribution is 2.20. The Balaban J connectivity index is 1.88. The molecule has 2 aromatic carbocycles. The van der Waals surface area contributed by atoms with E-state index in [4.69, 9.17) is 19.2 Å². The van der Waals surface area contributed by atoms with Crippen molar-refractivity contribution in [3.63, 3.8) is 0 Å². The number of hydrogen-bond donors (Lipinski definition) is 2. The number of aliphatic hydroxyl groups excluding tert-OH is 1. The summed E-state index contributed by atoms with van der Waals surface area (Å²) in [6, 6.07) is 11.8. The Morgan fingerprint density at radius 2 is 1.95 bits per heavy atom. The van der Waals surface area contributed by atoms with Crippen molar-refractivity contribution in [2.75, 3.05) is 26.9 Å². The monoisotopic (exact) mass is 536 g/mol. The van der Waals surface area contributed by atoms with Crippen LogP contribution in [-0.4, -0.2) is 64.6 Å². The average Bonchev–Trinajstić information content (AvgIpc) is 2.87. The van der Waals surface area contributed by atoms with Gasteiger partial charge in [-0.15, -0.1) is 0 Å². The van der Waals surface area contributed by atoms with Gasteiger partial charge in [0.15, 0.2) is 12.3 Å². The van der Waals surface area contributed by atoms with E-state index in [9.17, 15) is 23.1 Å². The van der Waals surface area contributed by atoms with Crippen LogP contribution in [0.1, 0.15) is 17.5 Å². The molecule has 0 saturated carbocycles. The lowest BCUT2D eigenvalue weighted by molar-refractivity contribution is -0.146. The van der Waals surface area contributed by atoms with Crippen LogP contribution in [0.15, 0.2) is 58.5 Å². The van der Waals surface area contributed by atoms with Crippen LogP contribution >= 0.6 is 0 Å². The van der Waals surface area contributed by atoms with E-state index in [-0.39, 0.29) is 31.1 Å². The number of rotatable bonds is 15. The summed E-state index contributed by atoms with van der Waals surface area (Å²) in [6.07, 6.45) is -1.76. The molecule has 2 rings (SSSR count). The van der Waals surface area contributed by atoms with Crippen molar-refractivity contribution in [3.8, 4) is 5.75 Å². The highest BCUT2D eigenvalue weighted by atomic mass is 32.2. The van der Waals surface area contributed by atoms with Gasteiger partial charge in [-0.05, 0) is 36.2 Å². The van der Waals surface area contributed by atoms with Gasteiger partial charge in [0.2, 0.25) is 5.91 Å². The van der Waals surface area contributed by atoms with E-state index in [1.807, 2.05) is 0 Å². The number of aliphatic hydroxyl groups is 1. The summed E-state index contributed by atoms with van der Waals surface area (Å²) in [5.41, 5.74) is 9.62. The Morgan fingerprint density at radius 1 is 1.19 bits per heavy atom. The van der Waals surface area contributed by atoms with Crippen LogP contribution < -0.4 is 10.1 Å². The summed E-state index contributed by atoms with van der Waals surface area (Å²) in [6.45, 7) is 0.954. The molecule has 0 spiro atoms. The van der Waals surface area contributed by atoms with Gasteiger partial charge >= 0.3 is 5.97 Å². The first-order chi connectivity index (χ1) is 17.7. The van der Waals surface area contributed by atoms with E-state index in [2.05, 4.69) is 20.1 Å². The molecule has 1 amide bonds. The molecule has 0 heterocycles. The first-order valence-corrected chi connectivity index (χ1v) is 12.4. The Kier molecular flexibility index (Phi) is 11.8. The fourth-order valence-electron chi connectivity index (χ4n) is 2.99. The van der Waals surface area contributed by atoms with Gasteiger partial charge in [-0.3, -0.25) is 4.79 Å². The Labute approximate surface area is 214 Å². The van der Waals surface area contributed by atoms with E-state index in [1.54, 1.807) is 43.3 Å². The molecular formula is C23H28N4O9S. The lowest BCUT2D eigenvalue weighted by Crippen LogP contribution is -2.45. The van der Waals surface area contributed by atoms with Gasteiger partial charge in [0, 0.05) is 16.9 Å². The van der Waals surface area contributed by atoms with Crippen LogP contribution in [0.5, 0.6) is 5.75 Å². The van der Waals surface area contributed by atoms with Gasteiger partial charge in [0.25, 0.3) is 10.1 Å². The minimum Gasteiger partial charge on any atom is -0.493 e. The van der Waals surface area contributed by atoms with E-state index in [1.165, 1.54) is 12.1 Å². The van der Waals surface area contributed by atoms with Crippen LogP contribution in [0.2, 0.25) is 0 Å². The Bertz CT molecular complexity index is 1220. The summed E-state index contributed by atoms with van der Waals surface area (Å²) in [4.78, 5) is 26.1. The number of hydrogen-bond acceptors (Lipinski definition) is 10. The molecule has 14 heteroatoms. The number of ether oxygens (including phenoxy) is 3. The number of aryl methyl sites for hydroxylation is 1. The standard InChI is InChI=1S/C23H28N4O9S/c1-16-6-5-8-18(12-16)37(31,32)36-22(29)10-11-35-20-9-4-3-7-17(20)14-34-15-19(23(30)33-2)26-21(28)13-25-27-24/h3-9,12,19,22,29H,10-11,13-15H2,1-2H3,(H,26,28). The zero-order valence-corrected chi connectivity index (χ0v) is 21.1. The summed E-state index contributed by atoms with van der Waals surface area (Å²) in [7, 11) is -2.99. The number of para-hydroxylation sites is 1. The van der Waals surface area contributed by atoms with Gasteiger partial charge in [0.05, 0.1) is 31.8 Å². The zero-order valence-electron chi connectivity index (χ0n) is 20.3. The molecule has 0 fully saturated rings. The van der Waals surface area contributed by atoms with E-state index >= 15 is 0 Å². The number of carbonyl (C=O) groups excluding carboxylic acids is 2. The molecule has 0 aliphatic rings. The number of esters is 1. The minimum atomic E-state index is -4.15. The van der Waals surface area contributed by atoms with E-state index in [0.29, 0.717) is 11.3 Å². The smallest absolute Gasteiger partial charge is 0.330 e. The van der Waals surface area contributed by atoms with E-state index < -0.39 is 40.9 Å².